The normalized spacial score (nSPS) is 34.1. The van der Waals surface area contributed by atoms with E-state index in [2.05, 4.69) is 31.0 Å². The number of hydrogen-bond acceptors (Lipinski definition) is 2. The highest BCUT2D eigenvalue weighted by Gasteiger charge is 2.40. The fourth-order valence-electron chi connectivity index (χ4n) is 2.87. The van der Waals surface area contributed by atoms with Crippen LogP contribution in [0, 0.1) is 17.3 Å². The molecule has 2 heterocycles. The Balaban J connectivity index is 2.01. The first-order valence-corrected chi connectivity index (χ1v) is 6.53. The molecule has 16 heavy (non-hydrogen) atoms. The molecule has 0 radical (unpaired) electrons. The molecule has 0 bridgehead atoms. The summed E-state index contributed by atoms with van der Waals surface area (Å²) in [6, 6.07) is 0. The highest BCUT2D eigenvalue weighted by Crippen LogP contribution is 2.33. The third-order valence-corrected chi connectivity index (χ3v) is 4.50. The summed E-state index contributed by atoms with van der Waals surface area (Å²) in [5.41, 5.74) is -0.102. The summed E-state index contributed by atoms with van der Waals surface area (Å²) in [7, 11) is 0. The first-order valence-electron chi connectivity index (χ1n) is 6.53. The average Bonchev–Trinajstić information content (AvgIpc) is 2.59. The molecule has 2 atom stereocenters. The van der Waals surface area contributed by atoms with Crippen LogP contribution in [0.1, 0.15) is 33.6 Å². The number of amides is 1. The van der Waals surface area contributed by atoms with Crippen molar-refractivity contribution in [3.05, 3.63) is 0 Å². The molecule has 0 spiro atoms. The Bertz CT molecular complexity index is 261. The zero-order valence-electron chi connectivity index (χ0n) is 10.8. The van der Waals surface area contributed by atoms with E-state index in [0.717, 1.165) is 39.0 Å². The average molecular weight is 224 g/mol. The van der Waals surface area contributed by atoms with Crippen molar-refractivity contribution in [2.45, 2.75) is 33.6 Å². The maximum absolute atomic E-state index is 12.5. The van der Waals surface area contributed by atoms with Crippen molar-refractivity contribution in [2.24, 2.45) is 17.3 Å². The number of rotatable bonds is 1. The van der Waals surface area contributed by atoms with Crippen LogP contribution in [0.15, 0.2) is 0 Å². The van der Waals surface area contributed by atoms with E-state index in [1.54, 1.807) is 0 Å². The third-order valence-electron chi connectivity index (χ3n) is 4.50. The number of nitrogens with zero attached hydrogens (tertiary/aromatic N) is 1. The number of likely N-dealkylation sites (tertiary alicyclic amines) is 1. The third kappa shape index (κ3) is 2.10. The first kappa shape index (κ1) is 11.9. The second-order valence-electron chi connectivity index (χ2n) is 5.98. The van der Waals surface area contributed by atoms with E-state index in [-0.39, 0.29) is 5.41 Å². The lowest BCUT2D eigenvalue weighted by Crippen LogP contribution is -2.47. The van der Waals surface area contributed by atoms with Crippen molar-refractivity contribution in [3.8, 4) is 0 Å². The Kier molecular flexibility index (Phi) is 3.24. The van der Waals surface area contributed by atoms with Gasteiger partial charge in [0, 0.05) is 18.5 Å². The summed E-state index contributed by atoms with van der Waals surface area (Å²) in [5, 5.41) is 3.33. The molecule has 2 saturated heterocycles. The number of piperidine rings is 1. The van der Waals surface area contributed by atoms with Gasteiger partial charge in [0.25, 0.3) is 0 Å². The van der Waals surface area contributed by atoms with Gasteiger partial charge >= 0.3 is 0 Å². The van der Waals surface area contributed by atoms with E-state index >= 15 is 0 Å². The standard InChI is InChI=1S/C13H24N2O/c1-10-8-15(9-11(10)2)12(16)13(3)4-6-14-7-5-13/h10-11,14H,4-9H2,1-3H3. The Labute approximate surface area is 98.6 Å². The van der Waals surface area contributed by atoms with Crippen LogP contribution in [0.25, 0.3) is 0 Å². The zero-order valence-corrected chi connectivity index (χ0v) is 10.8. The van der Waals surface area contributed by atoms with E-state index in [9.17, 15) is 4.79 Å². The Hall–Kier alpha value is -0.570. The summed E-state index contributed by atoms with van der Waals surface area (Å²) in [6.45, 7) is 10.5. The Morgan fingerprint density at radius 1 is 1.19 bits per heavy atom. The van der Waals surface area contributed by atoms with Crippen molar-refractivity contribution >= 4 is 5.91 Å². The molecule has 0 aromatic heterocycles. The Morgan fingerprint density at radius 3 is 2.19 bits per heavy atom. The van der Waals surface area contributed by atoms with Gasteiger partial charge in [0.1, 0.15) is 0 Å². The van der Waals surface area contributed by atoms with E-state index in [4.69, 9.17) is 0 Å². The fourth-order valence-corrected chi connectivity index (χ4v) is 2.87. The molecule has 0 aromatic carbocycles. The van der Waals surface area contributed by atoms with Gasteiger partial charge in [0.15, 0.2) is 0 Å². The van der Waals surface area contributed by atoms with Gasteiger partial charge in [-0.3, -0.25) is 4.79 Å². The van der Waals surface area contributed by atoms with Gasteiger partial charge in [-0.25, -0.2) is 0 Å². The summed E-state index contributed by atoms with van der Waals surface area (Å²) >= 11 is 0. The summed E-state index contributed by atoms with van der Waals surface area (Å²) in [6.07, 6.45) is 1.98. The molecule has 3 heteroatoms. The number of carbonyl (C=O) groups is 1. The number of hydrogen-bond donors (Lipinski definition) is 1. The van der Waals surface area contributed by atoms with Gasteiger partial charge < -0.3 is 10.2 Å². The maximum Gasteiger partial charge on any atom is 0.228 e. The number of carbonyl (C=O) groups excluding carboxylic acids is 1. The summed E-state index contributed by atoms with van der Waals surface area (Å²) in [4.78, 5) is 14.6. The predicted octanol–water partition coefficient (Wildman–Crippen LogP) is 1.49. The molecular formula is C13H24N2O. The van der Waals surface area contributed by atoms with Gasteiger partial charge in [-0.1, -0.05) is 20.8 Å². The minimum atomic E-state index is -0.102. The molecule has 92 valence electrons. The van der Waals surface area contributed by atoms with Crippen molar-refractivity contribution in [3.63, 3.8) is 0 Å². The fraction of sp³-hybridized carbons (Fsp3) is 0.923. The lowest BCUT2D eigenvalue weighted by Gasteiger charge is -2.36. The topological polar surface area (TPSA) is 32.3 Å². The van der Waals surface area contributed by atoms with E-state index in [1.165, 1.54) is 0 Å². The number of nitrogens with one attached hydrogen (secondary N) is 1. The second kappa shape index (κ2) is 4.36. The highest BCUT2D eigenvalue weighted by molar-refractivity contribution is 5.82. The lowest BCUT2D eigenvalue weighted by atomic mass is 9.79. The molecule has 2 unspecified atom stereocenters. The maximum atomic E-state index is 12.5. The smallest absolute Gasteiger partial charge is 0.228 e. The Morgan fingerprint density at radius 2 is 1.69 bits per heavy atom. The van der Waals surface area contributed by atoms with E-state index < -0.39 is 0 Å². The summed E-state index contributed by atoms with van der Waals surface area (Å²) < 4.78 is 0. The SMILES string of the molecule is CC1CN(C(=O)C2(C)CCNCC2)CC1C. The molecular weight excluding hydrogens is 200 g/mol. The molecule has 2 aliphatic rings. The van der Waals surface area contributed by atoms with Crippen molar-refractivity contribution in [1.29, 1.82) is 0 Å². The van der Waals surface area contributed by atoms with Crippen LogP contribution in [0.2, 0.25) is 0 Å². The monoisotopic (exact) mass is 224 g/mol. The van der Waals surface area contributed by atoms with Crippen molar-refractivity contribution < 1.29 is 4.79 Å². The molecule has 1 amide bonds. The first-order chi connectivity index (χ1) is 7.53. The molecule has 3 nitrogen and oxygen atoms in total. The second-order valence-corrected chi connectivity index (χ2v) is 5.98. The molecule has 2 rings (SSSR count). The minimum absolute atomic E-state index is 0.102. The molecule has 0 saturated carbocycles. The van der Waals surface area contributed by atoms with Crippen LogP contribution in [-0.4, -0.2) is 37.0 Å². The summed E-state index contributed by atoms with van der Waals surface area (Å²) in [5.74, 6) is 1.72. The highest BCUT2D eigenvalue weighted by atomic mass is 16.2. The van der Waals surface area contributed by atoms with Crippen LogP contribution in [0.3, 0.4) is 0 Å². The van der Waals surface area contributed by atoms with Crippen molar-refractivity contribution in [1.82, 2.24) is 10.2 Å². The van der Waals surface area contributed by atoms with Gasteiger partial charge in [-0.05, 0) is 37.8 Å². The largest absolute Gasteiger partial charge is 0.342 e. The van der Waals surface area contributed by atoms with Crippen molar-refractivity contribution in [2.75, 3.05) is 26.2 Å². The molecule has 1 N–H and O–H groups in total. The van der Waals surface area contributed by atoms with Crippen LogP contribution in [0.4, 0.5) is 0 Å². The zero-order chi connectivity index (χ0) is 11.8. The molecule has 2 aliphatic heterocycles. The van der Waals surface area contributed by atoms with Crippen LogP contribution in [0.5, 0.6) is 0 Å². The van der Waals surface area contributed by atoms with Crippen LogP contribution in [-0.2, 0) is 4.79 Å². The van der Waals surface area contributed by atoms with Gasteiger partial charge in [-0.2, -0.15) is 0 Å². The van der Waals surface area contributed by atoms with Crippen LogP contribution < -0.4 is 5.32 Å². The van der Waals surface area contributed by atoms with E-state index in [1.807, 2.05) is 0 Å². The molecule has 0 aliphatic carbocycles. The molecule has 0 aromatic rings. The minimum Gasteiger partial charge on any atom is -0.342 e. The van der Waals surface area contributed by atoms with Gasteiger partial charge in [-0.15, -0.1) is 0 Å². The van der Waals surface area contributed by atoms with Gasteiger partial charge in [0.2, 0.25) is 5.91 Å². The lowest BCUT2D eigenvalue weighted by molar-refractivity contribution is -0.141. The van der Waals surface area contributed by atoms with Crippen LogP contribution >= 0.6 is 0 Å². The van der Waals surface area contributed by atoms with E-state index in [0.29, 0.717) is 17.7 Å². The quantitative estimate of drug-likeness (QED) is 0.732. The molecule has 2 fully saturated rings. The predicted molar refractivity (Wildman–Crippen MR) is 65.1 cm³/mol. The van der Waals surface area contributed by atoms with Gasteiger partial charge in [0.05, 0.1) is 0 Å².